The second-order valence-electron chi connectivity index (χ2n) is 6.24. The molecule has 27 heavy (non-hydrogen) atoms. The number of nitrogens with zero attached hydrogens (tertiary/aromatic N) is 4. The molecule has 11 heteroatoms. The molecule has 0 saturated carbocycles. The minimum atomic E-state index is -3.73. The average molecular weight is 395 g/mol. The van der Waals surface area contributed by atoms with Crippen molar-refractivity contribution in [2.45, 2.75) is 24.2 Å². The molecular weight excluding hydrogens is 374 g/mol. The number of imidazole rings is 1. The van der Waals surface area contributed by atoms with Crippen LogP contribution in [0.5, 0.6) is 5.75 Å². The third-order valence-corrected chi connectivity index (χ3v) is 6.37. The second kappa shape index (κ2) is 7.53. The van der Waals surface area contributed by atoms with E-state index in [2.05, 4.69) is 10.3 Å². The van der Waals surface area contributed by atoms with Crippen LogP contribution in [0.4, 0.5) is 17.3 Å². The number of sulfonamides is 1. The Kier molecular flexibility index (Phi) is 5.33. The van der Waals surface area contributed by atoms with Crippen LogP contribution in [-0.4, -0.2) is 47.4 Å². The highest BCUT2D eigenvalue weighted by Crippen LogP contribution is 2.33. The summed E-state index contributed by atoms with van der Waals surface area (Å²) in [6.07, 6.45) is 3.96. The van der Waals surface area contributed by atoms with Gasteiger partial charge in [0.1, 0.15) is 10.6 Å². The van der Waals surface area contributed by atoms with Crippen LogP contribution in [0, 0.1) is 10.1 Å². The highest BCUT2D eigenvalue weighted by atomic mass is 32.2. The van der Waals surface area contributed by atoms with E-state index < -0.39 is 14.9 Å². The van der Waals surface area contributed by atoms with Crippen molar-refractivity contribution >= 4 is 27.3 Å². The molecule has 0 unspecified atom stereocenters. The largest absolute Gasteiger partial charge is 0.495 e. The topological polar surface area (TPSA) is 120 Å². The lowest BCUT2D eigenvalue weighted by molar-refractivity contribution is -0.388. The van der Waals surface area contributed by atoms with E-state index in [9.17, 15) is 18.5 Å². The Bertz CT molecular complexity index is 950. The number of nitrogens with one attached hydrogen (secondary N) is 1. The normalized spacial score (nSPS) is 15.5. The molecule has 0 atom stereocenters. The lowest BCUT2D eigenvalue weighted by atomic mass is 10.2. The number of nitro groups is 1. The lowest BCUT2D eigenvalue weighted by Crippen LogP contribution is -2.35. The van der Waals surface area contributed by atoms with E-state index in [0.29, 0.717) is 18.8 Å². The fourth-order valence-corrected chi connectivity index (χ4v) is 4.73. The number of ether oxygens (including phenoxy) is 1. The van der Waals surface area contributed by atoms with E-state index >= 15 is 0 Å². The minimum Gasteiger partial charge on any atom is -0.495 e. The Hall–Kier alpha value is -2.66. The van der Waals surface area contributed by atoms with Crippen molar-refractivity contribution in [1.29, 1.82) is 0 Å². The summed E-state index contributed by atoms with van der Waals surface area (Å²) in [5.74, 6) is 0.0471. The van der Waals surface area contributed by atoms with E-state index in [1.165, 1.54) is 34.4 Å². The Morgan fingerprint density at radius 2 is 1.96 bits per heavy atom. The molecule has 2 heterocycles. The number of rotatable bonds is 6. The Balaban J connectivity index is 1.99. The van der Waals surface area contributed by atoms with Gasteiger partial charge in [-0.1, -0.05) is 6.42 Å². The van der Waals surface area contributed by atoms with Crippen LogP contribution in [0.3, 0.4) is 0 Å². The molecule has 1 aromatic heterocycles. The maximum atomic E-state index is 13.1. The predicted molar refractivity (Wildman–Crippen MR) is 98.7 cm³/mol. The fourth-order valence-electron chi connectivity index (χ4n) is 3.03. The van der Waals surface area contributed by atoms with Gasteiger partial charge in [-0.3, -0.25) is 4.57 Å². The maximum absolute atomic E-state index is 13.1. The standard InChI is InChI=1S/C16H21N5O5S/c1-19-11-17-15(21(22)23)16(19)18-12-6-7-13(26-2)14(10-12)27(24,25)20-8-4-3-5-9-20/h6-7,10-11,18H,3-5,8-9H2,1-2H3. The number of piperidine rings is 1. The molecule has 3 rings (SSSR count). The van der Waals surface area contributed by atoms with Crippen molar-refractivity contribution in [3.8, 4) is 5.75 Å². The Labute approximate surface area is 157 Å². The summed E-state index contributed by atoms with van der Waals surface area (Å²) in [5.41, 5.74) is 0.387. The van der Waals surface area contributed by atoms with Gasteiger partial charge in [0.15, 0.2) is 0 Å². The molecule has 1 N–H and O–H groups in total. The lowest BCUT2D eigenvalue weighted by Gasteiger charge is -2.26. The first-order valence-electron chi connectivity index (χ1n) is 8.45. The number of anilines is 2. The molecule has 146 valence electrons. The van der Waals surface area contributed by atoms with Gasteiger partial charge in [-0.25, -0.2) is 8.42 Å². The summed E-state index contributed by atoms with van der Waals surface area (Å²) in [6.45, 7) is 0.937. The molecule has 0 spiro atoms. The Morgan fingerprint density at radius 3 is 2.59 bits per heavy atom. The molecule has 1 aliphatic rings. The van der Waals surface area contributed by atoms with Crippen LogP contribution in [0.2, 0.25) is 0 Å². The summed E-state index contributed by atoms with van der Waals surface area (Å²) in [7, 11) is -0.716. The first-order valence-corrected chi connectivity index (χ1v) is 9.89. The third-order valence-electron chi connectivity index (χ3n) is 4.45. The molecule has 2 aromatic rings. The van der Waals surface area contributed by atoms with Crippen LogP contribution in [-0.2, 0) is 17.1 Å². The summed E-state index contributed by atoms with van der Waals surface area (Å²) < 4.78 is 34.3. The van der Waals surface area contributed by atoms with Gasteiger partial charge in [0, 0.05) is 25.8 Å². The highest BCUT2D eigenvalue weighted by molar-refractivity contribution is 7.89. The summed E-state index contributed by atoms with van der Waals surface area (Å²) in [6, 6.07) is 4.56. The highest BCUT2D eigenvalue weighted by Gasteiger charge is 2.29. The van der Waals surface area contributed by atoms with Crippen molar-refractivity contribution in [3.05, 3.63) is 34.6 Å². The van der Waals surface area contributed by atoms with Gasteiger partial charge < -0.3 is 20.2 Å². The average Bonchev–Trinajstić information content (AvgIpc) is 3.03. The van der Waals surface area contributed by atoms with E-state index in [1.54, 1.807) is 13.1 Å². The van der Waals surface area contributed by atoms with E-state index in [4.69, 9.17) is 4.74 Å². The molecule has 1 saturated heterocycles. The number of aryl methyl sites for hydroxylation is 1. The number of hydrogen-bond acceptors (Lipinski definition) is 7. The maximum Gasteiger partial charge on any atom is 0.406 e. The monoisotopic (exact) mass is 395 g/mol. The molecule has 0 amide bonds. The zero-order chi connectivity index (χ0) is 19.6. The zero-order valence-electron chi connectivity index (χ0n) is 15.1. The van der Waals surface area contributed by atoms with E-state index in [-0.39, 0.29) is 22.3 Å². The molecule has 1 aromatic carbocycles. The van der Waals surface area contributed by atoms with E-state index in [0.717, 1.165) is 19.3 Å². The van der Waals surface area contributed by atoms with Crippen LogP contribution < -0.4 is 10.1 Å². The quantitative estimate of drug-likeness (QED) is 0.588. The summed E-state index contributed by atoms with van der Waals surface area (Å²) >= 11 is 0. The predicted octanol–water partition coefficient (Wildman–Crippen LogP) is 2.26. The van der Waals surface area contributed by atoms with Gasteiger partial charge in [0.25, 0.3) is 0 Å². The molecular formula is C16H21N5O5S. The van der Waals surface area contributed by atoms with Gasteiger partial charge in [-0.15, -0.1) is 0 Å². The summed E-state index contributed by atoms with van der Waals surface area (Å²) in [5, 5.41) is 14.0. The van der Waals surface area contributed by atoms with Crippen molar-refractivity contribution in [3.63, 3.8) is 0 Å². The molecule has 10 nitrogen and oxygen atoms in total. The summed E-state index contributed by atoms with van der Waals surface area (Å²) in [4.78, 5) is 14.3. The first-order chi connectivity index (χ1) is 12.8. The van der Waals surface area contributed by atoms with Gasteiger partial charge in [0.05, 0.1) is 7.11 Å². The zero-order valence-corrected chi connectivity index (χ0v) is 15.9. The smallest absolute Gasteiger partial charge is 0.406 e. The van der Waals surface area contributed by atoms with Crippen molar-refractivity contribution in [2.75, 3.05) is 25.5 Å². The fraction of sp³-hybridized carbons (Fsp3) is 0.438. The molecule has 0 radical (unpaired) electrons. The number of aromatic nitrogens is 2. The number of benzene rings is 1. The van der Waals surface area contributed by atoms with Gasteiger partial charge in [-0.05, 0) is 40.9 Å². The van der Waals surface area contributed by atoms with Gasteiger partial charge >= 0.3 is 5.82 Å². The van der Waals surface area contributed by atoms with Crippen molar-refractivity contribution in [1.82, 2.24) is 13.9 Å². The van der Waals surface area contributed by atoms with Crippen LogP contribution in [0.25, 0.3) is 0 Å². The molecule has 0 bridgehead atoms. The minimum absolute atomic E-state index is 0.0294. The second-order valence-corrected chi connectivity index (χ2v) is 8.15. The van der Waals surface area contributed by atoms with Crippen LogP contribution >= 0.6 is 0 Å². The Morgan fingerprint density at radius 1 is 1.26 bits per heavy atom. The SMILES string of the molecule is COc1ccc(Nc2c([N+](=O)[O-])ncn2C)cc1S(=O)(=O)N1CCCCC1. The van der Waals surface area contributed by atoms with Crippen LogP contribution in [0.15, 0.2) is 29.4 Å². The van der Waals surface area contributed by atoms with Gasteiger partial charge in [0.2, 0.25) is 22.2 Å². The van der Waals surface area contributed by atoms with Crippen molar-refractivity contribution < 1.29 is 18.1 Å². The molecule has 0 aliphatic carbocycles. The van der Waals surface area contributed by atoms with Gasteiger partial charge in [-0.2, -0.15) is 4.31 Å². The van der Waals surface area contributed by atoms with E-state index in [1.807, 2.05) is 0 Å². The van der Waals surface area contributed by atoms with Crippen molar-refractivity contribution in [2.24, 2.45) is 7.05 Å². The number of hydrogen-bond donors (Lipinski definition) is 1. The first kappa shape index (κ1) is 19.1. The number of methoxy groups -OCH3 is 1. The third kappa shape index (κ3) is 3.74. The van der Waals surface area contributed by atoms with Crippen LogP contribution in [0.1, 0.15) is 19.3 Å². The molecule has 1 aliphatic heterocycles. The molecule has 1 fully saturated rings.